The highest BCUT2D eigenvalue weighted by Crippen LogP contribution is 2.38. The molecule has 0 unspecified atom stereocenters. The average Bonchev–Trinajstić information content (AvgIpc) is 3.55. The van der Waals surface area contributed by atoms with Crippen molar-refractivity contribution >= 4 is 75.7 Å². The van der Waals surface area contributed by atoms with Crippen LogP contribution in [-0.2, 0) is 0 Å². The Bertz CT molecular complexity index is 2120. The second-order valence-electron chi connectivity index (χ2n) is 9.53. The topological polar surface area (TPSA) is 65.0 Å². The predicted molar refractivity (Wildman–Crippen MR) is 166 cm³/mol. The number of hydrogen-bond donors (Lipinski definition) is 0. The molecular weight excluding hydrogens is 630 g/mol. The van der Waals surface area contributed by atoms with Crippen molar-refractivity contribution in [3.63, 3.8) is 0 Å². The van der Waals surface area contributed by atoms with E-state index in [2.05, 4.69) is 56.1 Å². The molecule has 5 aromatic carbocycles. The summed E-state index contributed by atoms with van der Waals surface area (Å²) < 4.78 is 14.5. The Hall–Kier alpha value is -4.33. The molecule has 0 saturated heterocycles. The molecule has 0 aliphatic rings. The SMILES string of the molecule is Brc1cc(Br)cc(-c2nc(-c3cccc4c3oc3ccccc34)nc(-c3cccc4c3oc3ccccc34)n2)c1. The van der Waals surface area contributed by atoms with Crippen molar-refractivity contribution in [3.8, 4) is 34.2 Å². The zero-order valence-corrected chi connectivity index (χ0v) is 23.9. The van der Waals surface area contributed by atoms with Crippen molar-refractivity contribution in [1.82, 2.24) is 15.0 Å². The number of rotatable bonds is 3. The van der Waals surface area contributed by atoms with E-state index in [9.17, 15) is 0 Å². The molecule has 3 heterocycles. The summed E-state index contributed by atoms with van der Waals surface area (Å²) in [6.07, 6.45) is 0. The van der Waals surface area contributed by atoms with Crippen LogP contribution < -0.4 is 0 Å². The predicted octanol–water partition coefficient (Wildman–Crippen LogP) is 10.2. The van der Waals surface area contributed by atoms with Crippen molar-refractivity contribution in [1.29, 1.82) is 0 Å². The minimum Gasteiger partial charge on any atom is -0.455 e. The molecule has 0 spiro atoms. The maximum Gasteiger partial charge on any atom is 0.167 e. The summed E-state index contributed by atoms with van der Waals surface area (Å²) in [5, 5.41) is 4.14. The van der Waals surface area contributed by atoms with Gasteiger partial charge in [-0.2, -0.15) is 0 Å². The van der Waals surface area contributed by atoms with Crippen molar-refractivity contribution in [2.45, 2.75) is 0 Å². The van der Waals surface area contributed by atoms with E-state index in [1.807, 2.05) is 78.9 Å². The number of para-hydroxylation sites is 4. The highest BCUT2D eigenvalue weighted by molar-refractivity contribution is 9.11. The van der Waals surface area contributed by atoms with Gasteiger partial charge in [-0.1, -0.05) is 92.5 Å². The average molecular weight is 647 g/mol. The minimum absolute atomic E-state index is 0.522. The van der Waals surface area contributed by atoms with Gasteiger partial charge < -0.3 is 8.83 Å². The molecule has 0 saturated carbocycles. The molecule has 40 heavy (non-hydrogen) atoms. The maximum atomic E-state index is 6.34. The normalized spacial score (nSPS) is 11.8. The Morgan fingerprint density at radius 2 is 0.900 bits per heavy atom. The summed E-state index contributed by atoms with van der Waals surface area (Å²) in [4.78, 5) is 15.0. The molecule has 0 radical (unpaired) electrons. The summed E-state index contributed by atoms with van der Waals surface area (Å²) in [7, 11) is 0. The lowest BCUT2D eigenvalue weighted by Crippen LogP contribution is -2.00. The summed E-state index contributed by atoms with van der Waals surface area (Å²) in [5.41, 5.74) is 5.56. The summed E-state index contributed by atoms with van der Waals surface area (Å²) in [5.74, 6) is 1.59. The third-order valence-electron chi connectivity index (χ3n) is 7.05. The molecule has 7 heteroatoms. The summed E-state index contributed by atoms with van der Waals surface area (Å²) in [6, 6.07) is 34.2. The fourth-order valence-corrected chi connectivity index (χ4v) is 6.57. The molecule has 3 aromatic heterocycles. The molecule has 8 aromatic rings. The molecule has 0 fully saturated rings. The van der Waals surface area contributed by atoms with E-state index >= 15 is 0 Å². The second-order valence-corrected chi connectivity index (χ2v) is 11.4. The first-order valence-electron chi connectivity index (χ1n) is 12.7. The molecule has 190 valence electrons. The first-order chi connectivity index (χ1) is 19.6. The largest absolute Gasteiger partial charge is 0.455 e. The van der Waals surface area contributed by atoms with Gasteiger partial charge in [0.05, 0.1) is 11.1 Å². The fourth-order valence-electron chi connectivity index (χ4n) is 5.28. The van der Waals surface area contributed by atoms with Crippen LogP contribution in [0.4, 0.5) is 0 Å². The molecule has 0 aliphatic carbocycles. The van der Waals surface area contributed by atoms with Crippen molar-refractivity contribution in [2.75, 3.05) is 0 Å². The standard InChI is InChI=1S/C33H17Br2N3O2/c34-19-15-18(16-20(35)17-19)31-36-32(25-11-5-9-23-21-7-1-3-13-27(21)39-29(23)25)38-33(37-31)26-12-6-10-24-22-8-2-4-14-28(22)40-30(24)26/h1-17H. The van der Waals surface area contributed by atoms with Gasteiger partial charge in [0.2, 0.25) is 0 Å². The third-order valence-corrected chi connectivity index (χ3v) is 7.96. The van der Waals surface area contributed by atoms with Gasteiger partial charge in [-0.15, -0.1) is 0 Å². The van der Waals surface area contributed by atoms with Crippen LogP contribution in [-0.4, -0.2) is 15.0 Å². The van der Waals surface area contributed by atoms with E-state index < -0.39 is 0 Å². The van der Waals surface area contributed by atoms with Crippen LogP contribution in [0, 0.1) is 0 Å². The van der Waals surface area contributed by atoms with Crippen molar-refractivity contribution in [2.24, 2.45) is 0 Å². The lowest BCUT2D eigenvalue weighted by Gasteiger charge is -2.10. The number of halogens is 2. The number of fused-ring (bicyclic) bond motifs is 6. The van der Waals surface area contributed by atoms with Gasteiger partial charge >= 0.3 is 0 Å². The van der Waals surface area contributed by atoms with Gasteiger partial charge in [0, 0.05) is 36.1 Å². The van der Waals surface area contributed by atoms with Crippen LogP contribution in [0.5, 0.6) is 0 Å². The van der Waals surface area contributed by atoms with E-state index in [4.69, 9.17) is 23.8 Å². The Kier molecular flexibility index (Phi) is 5.37. The first kappa shape index (κ1) is 23.5. The van der Waals surface area contributed by atoms with Crippen LogP contribution in [0.1, 0.15) is 0 Å². The van der Waals surface area contributed by atoms with Gasteiger partial charge in [-0.25, -0.2) is 15.0 Å². The van der Waals surface area contributed by atoms with Crippen molar-refractivity contribution in [3.05, 3.63) is 112 Å². The van der Waals surface area contributed by atoms with Crippen LogP contribution in [0.15, 0.2) is 121 Å². The van der Waals surface area contributed by atoms with E-state index in [1.165, 1.54) is 0 Å². The highest BCUT2D eigenvalue weighted by Gasteiger charge is 2.20. The molecule has 0 aliphatic heterocycles. The zero-order valence-electron chi connectivity index (χ0n) is 20.7. The minimum atomic E-state index is 0.522. The number of hydrogen-bond acceptors (Lipinski definition) is 5. The molecule has 0 atom stereocenters. The molecule has 8 rings (SSSR count). The lowest BCUT2D eigenvalue weighted by atomic mass is 10.1. The number of benzene rings is 5. The number of aromatic nitrogens is 3. The monoisotopic (exact) mass is 645 g/mol. The van der Waals surface area contributed by atoms with E-state index in [1.54, 1.807) is 0 Å². The van der Waals surface area contributed by atoms with Crippen LogP contribution >= 0.6 is 31.9 Å². The molecule has 0 bridgehead atoms. The maximum absolute atomic E-state index is 6.34. The summed E-state index contributed by atoms with van der Waals surface area (Å²) >= 11 is 7.22. The van der Waals surface area contributed by atoms with E-state index in [-0.39, 0.29) is 0 Å². The van der Waals surface area contributed by atoms with Gasteiger partial charge in [-0.05, 0) is 42.5 Å². The Morgan fingerprint density at radius 3 is 1.43 bits per heavy atom. The Balaban J connectivity index is 1.43. The Morgan fingerprint density at radius 1 is 0.450 bits per heavy atom. The van der Waals surface area contributed by atoms with Gasteiger partial charge in [0.25, 0.3) is 0 Å². The summed E-state index contributed by atoms with van der Waals surface area (Å²) in [6.45, 7) is 0. The molecule has 0 N–H and O–H groups in total. The first-order valence-corrected chi connectivity index (χ1v) is 14.2. The molecular formula is C33H17Br2N3O2. The Labute approximate surface area is 244 Å². The van der Waals surface area contributed by atoms with Crippen LogP contribution in [0.25, 0.3) is 78.0 Å². The number of furan rings is 2. The van der Waals surface area contributed by atoms with Gasteiger partial charge in [-0.3, -0.25) is 0 Å². The fraction of sp³-hybridized carbons (Fsp3) is 0. The molecule has 0 amide bonds. The number of nitrogens with zero attached hydrogens (tertiary/aromatic N) is 3. The van der Waals surface area contributed by atoms with Gasteiger partial charge in [0.1, 0.15) is 22.3 Å². The van der Waals surface area contributed by atoms with E-state index in [0.29, 0.717) is 17.5 Å². The quantitative estimate of drug-likeness (QED) is 0.191. The smallest absolute Gasteiger partial charge is 0.167 e. The van der Waals surface area contributed by atoms with Crippen LogP contribution in [0.3, 0.4) is 0 Å². The van der Waals surface area contributed by atoms with E-state index in [0.717, 1.165) is 69.5 Å². The second kappa shape index (κ2) is 9.11. The van der Waals surface area contributed by atoms with Crippen LogP contribution in [0.2, 0.25) is 0 Å². The lowest BCUT2D eigenvalue weighted by molar-refractivity contribution is 0.669. The highest BCUT2D eigenvalue weighted by atomic mass is 79.9. The van der Waals surface area contributed by atoms with Crippen molar-refractivity contribution < 1.29 is 8.83 Å². The molecule has 5 nitrogen and oxygen atoms in total. The van der Waals surface area contributed by atoms with Gasteiger partial charge in [0.15, 0.2) is 17.5 Å². The third kappa shape index (κ3) is 3.77. The zero-order chi connectivity index (χ0) is 26.8.